The summed E-state index contributed by atoms with van der Waals surface area (Å²) in [5, 5.41) is 16.3. The molecule has 4 saturated carbocycles. The maximum absolute atomic E-state index is 13.9. The minimum atomic E-state index is -0.422. The molecule has 4 bridgehead atoms. The summed E-state index contributed by atoms with van der Waals surface area (Å²) in [6, 6.07) is 16.2. The fourth-order valence-corrected chi connectivity index (χ4v) is 7.82. The number of rotatable bonds is 6. The molecule has 2 aromatic carbocycles. The van der Waals surface area contributed by atoms with Crippen molar-refractivity contribution in [2.24, 2.45) is 23.2 Å². The largest absolute Gasteiger partial charge is 0.406 e. The van der Waals surface area contributed by atoms with Crippen LogP contribution in [0.1, 0.15) is 44.2 Å². The molecule has 0 N–H and O–H groups in total. The Hall–Kier alpha value is -3.13. The number of nitro groups is 1. The molecule has 0 amide bonds. The van der Waals surface area contributed by atoms with Gasteiger partial charge in [-0.05, 0) is 81.4 Å². The van der Waals surface area contributed by atoms with Crippen molar-refractivity contribution in [1.29, 1.82) is 0 Å². The molecule has 35 heavy (non-hydrogen) atoms. The average Bonchev–Trinajstić information content (AvgIpc) is 3.14. The molecule has 4 fully saturated rings. The van der Waals surface area contributed by atoms with E-state index in [2.05, 4.69) is 0 Å². The summed E-state index contributed by atoms with van der Waals surface area (Å²) in [4.78, 5) is 26.2. The number of nitrogens with zero attached hydrogens (tertiary/aromatic N) is 3. The summed E-state index contributed by atoms with van der Waals surface area (Å²) >= 11 is 1.23. The summed E-state index contributed by atoms with van der Waals surface area (Å²) in [5.74, 6) is 2.04. The maximum atomic E-state index is 13.9. The molecule has 1 aromatic heterocycles. The minimum Gasteiger partial charge on any atom is -0.406 e. The van der Waals surface area contributed by atoms with Gasteiger partial charge in [0.2, 0.25) is 5.88 Å². The van der Waals surface area contributed by atoms with Gasteiger partial charge in [0.15, 0.2) is 0 Å². The van der Waals surface area contributed by atoms with Crippen molar-refractivity contribution in [3.8, 4) is 11.6 Å². The highest BCUT2D eigenvalue weighted by molar-refractivity contribution is 7.99. The van der Waals surface area contributed by atoms with Gasteiger partial charge in [0.05, 0.1) is 31.5 Å². The summed E-state index contributed by atoms with van der Waals surface area (Å²) < 4.78 is 7.94. The van der Waals surface area contributed by atoms with Crippen LogP contribution in [0.25, 0.3) is 5.69 Å². The average molecular weight is 490 g/mol. The first-order valence-corrected chi connectivity index (χ1v) is 13.0. The minimum absolute atomic E-state index is 0.0164. The number of hydrogen-bond donors (Lipinski definition) is 0. The van der Waals surface area contributed by atoms with Crippen LogP contribution in [0.5, 0.6) is 5.88 Å². The lowest BCUT2D eigenvalue weighted by Crippen LogP contribution is -2.51. The highest BCUT2D eigenvalue weighted by Crippen LogP contribution is 2.60. The van der Waals surface area contributed by atoms with E-state index in [1.54, 1.807) is 22.9 Å². The molecule has 1 heterocycles. The second-order valence-electron chi connectivity index (χ2n) is 10.4. The number of esters is 1. The zero-order chi connectivity index (χ0) is 24.2. The molecule has 3 aromatic rings. The Balaban J connectivity index is 1.40. The predicted octanol–water partition coefficient (Wildman–Crippen LogP) is 6.36. The fraction of sp³-hybridized carbons (Fsp3) is 0.407. The van der Waals surface area contributed by atoms with Crippen molar-refractivity contribution >= 4 is 23.4 Å². The van der Waals surface area contributed by atoms with E-state index in [9.17, 15) is 14.9 Å². The maximum Gasteiger partial charge on any atom is 0.318 e. The van der Waals surface area contributed by atoms with Crippen LogP contribution in [0, 0.1) is 40.2 Å². The number of aryl methyl sites for hydroxylation is 1. The van der Waals surface area contributed by atoms with Crippen molar-refractivity contribution in [3.63, 3.8) is 0 Å². The molecular weight excluding hydrogens is 462 g/mol. The lowest BCUT2D eigenvalue weighted by molar-refractivity contribution is -0.387. The van der Waals surface area contributed by atoms with Crippen LogP contribution in [0.2, 0.25) is 0 Å². The molecule has 0 radical (unpaired) electrons. The summed E-state index contributed by atoms with van der Waals surface area (Å²) in [6.45, 7) is 1.85. The van der Waals surface area contributed by atoms with E-state index in [1.165, 1.54) is 37.1 Å². The Morgan fingerprint density at radius 1 is 1.03 bits per heavy atom. The molecule has 4 aliphatic rings. The number of carbonyl (C=O) groups is 1. The molecule has 0 unspecified atom stereocenters. The van der Waals surface area contributed by atoms with E-state index in [1.807, 2.05) is 37.3 Å². The third-order valence-electron chi connectivity index (χ3n) is 7.90. The molecule has 0 aliphatic heterocycles. The Kier molecular flexibility index (Phi) is 5.44. The standard InChI is InChI=1S/C27H27N3O4S/c1-17-24(35-23-10-6-5-9-22(23)30(32)33)25(29(28-17)21-7-3-2-4-8-21)34-26(31)27-14-18-11-19(15-27)13-20(12-18)16-27/h2-10,18-20H,11-16H2,1H3. The molecule has 7 rings (SSSR count). The van der Waals surface area contributed by atoms with E-state index in [-0.39, 0.29) is 16.6 Å². The Labute approximate surface area is 208 Å². The van der Waals surface area contributed by atoms with E-state index in [0.29, 0.717) is 39.1 Å². The normalized spacial score (nSPS) is 26.6. The number of aromatic nitrogens is 2. The predicted molar refractivity (Wildman–Crippen MR) is 132 cm³/mol. The van der Waals surface area contributed by atoms with Gasteiger partial charge < -0.3 is 4.74 Å². The summed E-state index contributed by atoms with van der Waals surface area (Å²) in [7, 11) is 0. The monoisotopic (exact) mass is 489 g/mol. The van der Waals surface area contributed by atoms with Crippen LogP contribution in [0.15, 0.2) is 64.4 Å². The zero-order valence-corrected chi connectivity index (χ0v) is 20.4. The third kappa shape index (κ3) is 3.93. The molecule has 0 saturated heterocycles. The zero-order valence-electron chi connectivity index (χ0n) is 19.6. The Bertz CT molecular complexity index is 1270. The second-order valence-corrected chi connectivity index (χ2v) is 11.4. The molecule has 0 atom stereocenters. The smallest absolute Gasteiger partial charge is 0.318 e. The number of carbonyl (C=O) groups excluding carboxylic acids is 1. The van der Waals surface area contributed by atoms with Crippen molar-refractivity contribution in [3.05, 3.63) is 70.4 Å². The summed E-state index contributed by atoms with van der Waals surface area (Å²) in [6.07, 6.45) is 6.44. The van der Waals surface area contributed by atoms with Gasteiger partial charge in [-0.1, -0.05) is 42.1 Å². The molecule has 4 aliphatic carbocycles. The lowest BCUT2D eigenvalue weighted by Gasteiger charge is -2.55. The van der Waals surface area contributed by atoms with Gasteiger partial charge in [-0.25, -0.2) is 0 Å². The van der Waals surface area contributed by atoms with E-state index < -0.39 is 5.41 Å². The van der Waals surface area contributed by atoms with Crippen LogP contribution in [0.4, 0.5) is 5.69 Å². The number of para-hydroxylation sites is 2. The number of ether oxygens (including phenoxy) is 1. The highest BCUT2D eigenvalue weighted by atomic mass is 32.2. The summed E-state index contributed by atoms with van der Waals surface area (Å²) in [5.41, 5.74) is 1.03. The van der Waals surface area contributed by atoms with E-state index in [4.69, 9.17) is 9.84 Å². The van der Waals surface area contributed by atoms with Crippen molar-refractivity contribution < 1.29 is 14.5 Å². The lowest BCUT2D eigenvalue weighted by atomic mass is 9.49. The van der Waals surface area contributed by atoms with Crippen LogP contribution >= 0.6 is 11.8 Å². The molecule has 0 spiro atoms. The van der Waals surface area contributed by atoms with Gasteiger partial charge >= 0.3 is 5.97 Å². The van der Waals surface area contributed by atoms with Crippen molar-refractivity contribution in [2.75, 3.05) is 0 Å². The molecule has 7 nitrogen and oxygen atoms in total. The van der Waals surface area contributed by atoms with Gasteiger partial charge in [0.1, 0.15) is 0 Å². The quantitative estimate of drug-likeness (QED) is 0.227. The first-order valence-electron chi connectivity index (χ1n) is 12.2. The first kappa shape index (κ1) is 22.3. The van der Waals surface area contributed by atoms with Gasteiger partial charge in [0.25, 0.3) is 5.69 Å². The Morgan fingerprint density at radius 3 is 2.26 bits per heavy atom. The van der Waals surface area contributed by atoms with Gasteiger partial charge in [-0.3, -0.25) is 14.9 Å². The molecule has 8 heteroatoms. The molecule has 180 valence electrons. The van der Waals surface area contributed by atoms with Gasteiger partial charge in [-0.2, -0.15) is 9.78 Å². The number of benzene rings is 2. The molecular formula is C27H27N3O4S. The highest BCUT2D eigenvalue weighted by Gasteiger charge is 2.56. The fourth-order valence-electron chi connectivity index (χ4n) is 6.80. The van der Waals surface area contributed by atoms with Gasteiger partial charge in [-0.15, -0.1) is 0 Å². The number of hydrogen-bond acceptors (Lipinski definition) is 6. The van der Waals surface area contributed by atoms with Crippen LogP contribution in [-0.2, 0) is 4.79 Å². The second kappa shape index (κ2) is 8.52. The van der Waals surface area contributed by atoms with Crippen LogP contribution in [-0.4, -0.2) is 20.7 Å². The van der Waals surface area contributed by atoms with E-state index >= 15 is 0 Å². The van der Waals surface area contributed by atoms with Crippen LogP contribution < -0.4 is 4.74 Å². The third-order valence-corrected chi connectivity index (χ3v) is 9.14. The topological polar surface area (TPSA) is 87.3 Å². The van der Waals surface area contributed by atoms with E-state index in [0.717, 1.165) is 24.9 Å². The first-order chi connectivity index (χ1) is 16.9. The van der Waals surface area contributed by atoms with Crippen molar-refractivity contribution in [1.82, 2.24) is 9.78 Å². The SMILES string of the molecule is Cc1nn(-c2ccccc2)c(OC(=O)C23CC4CC(CC(C4)C2)C3)c1Sc1ccccc1[N+](=O)[O-]. The Morgan fingerprint density at radius 2 is 1.63 bits per heavy atom. The van der Waals surface area contributed by atoms with Gasteiger partial charge in [0, 0.05) is 6.07 Å². The van der Waals surface area contributed by atoms with Crippen LogP contribution in [0.3, 0.4) is 0 Å². The number of nitro benzene ring substituents is 1. The van der Waals surface area contributed by atoms with Crippen molar-refractivity contribution in [2.45, 2.75) is 55.2 Å².